The van der Waals surface area contributed by atoms with Crippen LogP contribution in [0.2, 0.25) is 0 Å². The maximum atomic E-state index is 10.7. The maximum Gasteiger partial charge on any atom is 0.358 e. The lowest BCUT2D eigenvalue weighted by atomic mass is 10.1. The molecule has 0 aliphatic rings. The number of carboxylic acid groups (broad SMARTS) is 1. The van der Waals surface area contributed by atoms with Crippen LogP contribution in [-0.2, 0) is 0 Å². The number of carboxylic acids is 1. The van der Waals surface area contributed by atoms with E-state index in [-0.39, 0.29) is 5.69 Å². The highest BCUT2D eigenvalue weighted by Gasteiger charge is 2.15. The van der Waals surface area contributed by atoms with Crippen molar-refractivity contribution >= 4 is 17.0 Å². The van der Waals surface area contributed by atoms with Crippen LogP contribution < -0.4 is 0 Å². The standard InChI is InChI=1S/C11H7N3O3/c15-11(16)8-4-9(17-14-8)7-5-13-10-6(7)2-1-3-12-10/h1-5H,(H,12,13)(H,15,16). The van der Waals surface area contributed by atoms with E-state index >= 15 is 0 Å². The molecule has 0 saturated heterocycles. The van der Waals surface area contributed by atoms with Gasteiger partial charge in [-0.3, -0.25) is 0 Å². The molecule has 17 heavy (non-hydrogen) atoms. The zero-order chi connectivity index (χ0) is 11.8. The fourth-order valence-corrected chi connectivity index (χ4v) is 1.66. The molecule has 0 fully saturated rings. The number of rotatable bonds is 2. The highest BCUT2D eigenvalue weighted by molar-refractivity contribution is 5.93. The van der Waals surface area contributed by atoms with E-state index in [0.717, 1.165) is 16.6 Å². The molecule has 0 bridgehead atoms. The zero-order valence-electron chi connectivity index (χ0n) is 8.54. The van der Waals surface area contributed by atoms with Crippen molar-refractivity contribution in [2.24, 2.45) is 0 Å². The van der Waals surface area contributed by atoms with Gasteiger partial charge in [0.2, 0.25) is 0 Å². The lowest BCUT2D eigenvalue weighted by Gasteiger charge is -1.90. The monoisotopic (exact) mass is 229 g/mol. The third-order valence-corrected chi connectivity index (χ3v) is 2.45. The molecule has 0 saturated carbocycles. The molecule has 0 aliphatic heterocycles. The first-order valence-electron chi connectivity index (χ1n) is 4.88. The molecule has 0 radical (unpaired) electrons. The summed E-state index contributed by atoms with van der Waals surface area (Å²) in [6.45, 7) is 0. The number of aromatic nitrogens is 3. The molecule has 0 aliphatic carbocycles. The number of aromatic amines is 1. The summed E-state index contributed by atoms with van der Waals surface area (Å²) in [6, 6.07) is 5.06. The number of aromatic carboxylic acids is 1. The Hall–Kier alpha value is -2.63. The van der Waals surface area contributed by atoms with Gasteiger partial charge in [0.25, 0.3) is 0 Å². The molecule has 0 atom stereocenters. The number of hydrogen-bond donors (Lipinski definition) is 2. The van der Waals surface area contributed by atoms with E-state index in [9.17, 15) is 4.79 Å². The maximum absolute atomic E-state index is 10.7. The Morgan fingerprint density at radius 3 is 3.12 bits per heavy atom. The summed E-state index contributed by atoms with van der Waals surface area (Å²) in [5.41, 5.74) is 1.35. The normalized spacial score (nSPS) is 10.8. The summed E-state index contributed by atoms with van der Waals surface area (Å²) in [6.07, 6.45) is 3.38. The predicted molar refractivity (Wildman–Crippen MR) is 58.6 cm³/mol. The van der Waals surface area contributed by atoms with Gasteiger partial charge in [-0.05, 0) is 12.1 Å². The minimum absolute atomic E-state index is 0.113. The van der Waals surface area contributed by atoms with Gasteiger partial charge >= 0.3 is 5.97 Å². The number of pyridine rings is 1. The summed E-state index contributed by atoms with van der Waals surface area (Å²) in [4.78, 5) is 17.8. The molecule has 0 aromatic carbocycles. The molecule has 3 rings (SSSR count). The number of hydrogen-bond acceptors (Lipinski definition) is 4. The largest absolute Gasteiger partial charge is 0.476 e. The lowest BCUT2D eigenvalue weighted by Crippen LogP contribution is -1.94. The minimum atomic E-state index is -1.11. The van der Waals surface area contributed by atoms with Crippen LogP contribution in [0.5, 0.6) is 0 Å². The smallest absolute Gasteiger partial charge is 0.358 e. The SMILES string of the molecule is O=C(O)c1cc(-c2c[nH]c3ncccc23)on1. The van der Waals surface area contributed by atoms with Gasteiger partial charge in [0.05, 0.1) is 0 Å². The first kappa shape index (κ1) is 9.59. The van der Waals surface area contributed by atoms with E-state index in [1.165, 1.54) is 6.07 Å². The topological polar surface area (TPSA) is 92.0 Å². The molecule has 3 aromatic rings. The molecule has 3 aromatic heterocycles. The second kappa shape index (κ2) is 3.44. The van der Waals surface area contributed by atoms with E-state index in [1.807, 2.05) is 6.07 Å². The molecular formula is C11H7N3O3. The van der Waals surface area contributed by atoms with Crippen LogP contribution >= 0.6 is 0 Å². The molecule has 0 unspecified atom stereocenters. The Kier molecular flexibility index (Phi) is 1.94. The predicted octanol–water partition coefficient (Wildman–Crippen LogP) is 1.92. The molecule has 3 heterocycles. The fraction of sp³-hybridized carbons (Fsp3) is 0. The lowest BCUT2D eigenvalue weighted by molar-refractivity contribution is 0.0686. The van der Waals surface area contributed by atoms with Gasteiger partial charge in [0.15, 0.2) is 11.5 Å². The Bertz CT molecular complexity index is 699. The summed E-state index contributed by atoms with van der Waals surface area (Å²) < 4.78 is 5.00. The summed E-state index contributed by atoms with van der Waals surface area (Å²) in [5, 5.41) is 13.1. The van der Waals surface area contributed by atoms with Crippen LogP contribution in [-0.4, -0.2) is 26.2 Å². The van der Waals surface area contributed by atoms with Crippen molar-refractivity contribution in [2.75, 3.05) is 0 Å². The third-order valence-electron chi connectivity index (χ3n) is 2.45. The molecule has 0 amide bonds. The average molecular weight is 229 g/mol. The zero-order valence-corrected chi connectivity index (χ0v) is 8.54. The number of carbonyl (C=O) groups is 1. The molecular weight excluding hydrogens is 222 g/mol. The first-order valence-corrected chi connectivity index (χ1v) is 4.88. The minimum Gasteiger partial charge on any atom is -0.476 e. The van der Waals surface area contributed by atoms with Crippen molar-refractivity contribution in [1.82, 2.24) is 15.1 Å². The fourth-order valence-electron chi connectivity index (χ4n) is 1.66. The Morgan fingerprint density at radius 2 is 2.35 bits per heavy atom. The molecule has 0 spiro atoms. The van der Waals surface area contributed by atoms with Crippen molar-refractivity contribution in [3.8, 4) is 11.3 Å². The van der Waals surface area contributed by atoms with Gasteiger partial charge in [-0.1, -0.05) is 5.16 Å². The van der Waals surface area contributed by atoms with Crippen LogP contribution in [0.15, 0.2) is 35.1 Å². The van der Waals surface area contributed by atoms with Gasteiger partial charge in [-0.15, -0.1) is 0 Å². The second-order valence-electron chi connectivity index (χ2n) is 3.48. The number of fused-ring (bicyclic) bond motifs is 1. The van der Waals surface area contributed by atoms with E-state index in [2.05, 4.69) is 15.1 Å². The molecule has 6 heteroatoms. The quantitative estimate of drug-likeness (QED) is 0.700. The van der Waals surface area contributed by atoms with Gasteiger partial charge < -0.3 is 14.6 Å². The summed E-state index contributed by atoms with van der Waals surface area (Å²) in [7, 11) is 0. The molecule has 84 valence electrons. The van der Waals surface area contributed by atoms with Gasteiger partial charge in [-0.25, -0.2) is 9.78 Å². The number of H-pyrrole nitrogens is 1. The highest BCUT2D eigenvalue weighted by Crippen LogP contribution is 2.27. The Labute approximate surface area is 94.9 Å². The van der Waals surface area contributed by atoms with Crippen LogP contribution in [0.25, 0.3) is 22.4 Å². The number of nitrogens with zero attached hydrogens (tertiary/aromatic N) is 2. The van der Waals surface area contributed by atoms with Gasteiger partial charge in [0.1, 0.15) is 5.65 Å². The van der Waals surface area contributed by atoms with E-state index in [1.54, 1.807) is 18.5 Å². The third kappa shape index (κ3) is 1.46. The van der Waals surface area contributed by atoms with Crippen LogP contribution in [0.4, 0.5) is 0 Å². The summed E-state index contributed by atoms with van der Waals surface area (Å²) >= 11 is 0. The number of nitrogens with one attached hydrogen (secondary N) is 1. The van der Waals surface area contributed by atoms with Gasteiger partial charge in [-0.2, -0.15) is 0 Å². The van der Waals surface area contributed by atoms with Crippen molar-refractivity contribution in [2.45, 2.75) is 0 Å². The molecule has 2 N–H and O–H groups in total. The van der Waals surface area contributed by atoms with E-state index in [0.29, 0.717) is 5.76 Å². The van der Waals surface area contributed by atoms with E-state index < -0.39 is 5.97 Å². The second-order valence-corrected chi connectivity index (χ2v) is 3.48. The Morgan fingerprint density at radius 1 is 1.47 bits per heavy atom. The van der Waals surface area contributed by atoms with Gasteiger partial charge in [0, 0.05) is 29.4 Å². The van der Waals surface area contributed by atoms with E-state index in [4.69, 9.17) is 9.63 Å². The van der Waals surface area contributed by atoms with Crippen molar-refractivity contribution < 1.29 is 14.4 Å². The van der Waals surface area contributed by atoms with Crippen molar-refractivity contribution in [1.29, 1.82) is 0 Å². The first-order chi connectivity index (χ1) is 8.25. The van der Waals surface area contributed by atoms with Crippen LogP contribution in [0.3, 0.4) is 0 Å². The van der Waals surface area contributed by atoms with Crippen molar-refractivity contribution in [3.05, 3.63) is 36.3 Å². The molecule has 6 nitrogen and oxygen atoms in total. The summed E-state index contributed by atoms with van der Waals surface area (Å²) in [5.74, 6) is -0.709. The van der Waals surface area contributed by atoms with Crippen LogP contribution in [0, 0.1) is 0 Å². The van der Waals surface area contributed by atoms with Crippen molar-refractivity contribution in [3.63, 3.8) is 0 Å². The Balaban J connectivity index is 2.17. The average Bonchev–Trinajstić information content (AvgIpc) is 2.95. The highest BCUT2D eigenvalue weighted by atomic mass is 16.5. The van der Waals surface area contributed by atoms with Crippen LogP contribution in [0.1, 0.15) is 10.5 Å².